The average Bonchev–Trinajstić information content (AvgIpc) is 2.16. The van der Waals surface area contributed by atoms with Crippen LogP contribution in [0.4, 0.5) is 0 Å². The van der Waals surface area contributed by atoms with Gasteiger partial charge in [0.2, 0.25) is 0 Å². The Morgan fingerprint density at radius 2 is 2.07 bits per heavy atom. The van der Waals surface area contributed by atoms with Gasteiger partial charge in [0.05, 0.1) is 16.5 Å². The van der Waals surface area contributed by atoms with E-state index in [9.17, 15) is 14.4 Å². The van der Waals surface area contributed by atoms with Crippen molar-refractivity contribution in [2.75, 3.05) is 0 Å². The average molecular weight is 207 g/mol. The van der Waals surface area contributed by atoms with Gasteiger partial charge in [-0.3, -0.25) is 4.98 Å². The SMILES string of the molecule is O=C(O)c1cccc2c(=O)oc(=O)[nH]c12. The van der Waals surface area contributed by atoms with Crippen LogP contribution in [0.5, 0.6) is 0 Å². The van der Waals surface area contributed by atoms with E-state index in [-0.39, 0.29) is 16.5 Å². The van der Waals surface area contributed by atoms with E-state index in [1.807, 2.05) is 0 Å². The fourth-order valence-corrected chi connectivity index (χ4v) is 1.30. The van der Waals surface area contributed by atoms with Crippen molar-refractivity contribution < 1.29 is 14.3 Å². The van der Waals surface area contributed by atoms with Crippen LogP contribution >= 0.6 is 0 Å². The van der Waals surface area contributed by atoms with Crippen LogP contribution in [0.2, 0.25) is 0 Å². The molecule has 2 rings (SSSR count). The maximum absolute atomic E-state index is 11.2. The Morgan fingerprint density at radius 3 is 2.73 bits per heavy atom. The number of aromatic nitrogens is 1. The fraction of sp³-hybridized carbons (Fsp3) is 0. The molecule has 2 aromatic rings. The first-order valence-corrected chi connectivity index (χ1v) is 3.99. The second-order valence-corrected chi connectivity index (χ2v) is 2.84. The highest BCUT2D eigenvalue weighted by atomic mass is 16.4. The summed E-state index contributed by atoms with van der Waals surface area (Å²) in [5, 5.41) is 8.85. The van der Waals surface area contributed by atoms with Crippen molar-refractivity contribution in [3.05, 3.63) is 44.7 Å². The molecule has 0 aliphatic carbocycles. The lowest BCUT2D eigenvalue weighted by molar-refractivity contribution is 0.0699. The summed E-state index contributed by atoms with van der Waals surface area (Å²) < 4.78 is 4.27. The highest BCUT2D eigenvalue weighted by Gasteiger charge is 2.11. The number of nitrogens with one attached hydrogen (secondary N) is 1. The molecule has 0 unspecified atom stereocenters. The molecule has 76 valence electrons. The lowest BCUT2D eigenvalue weighted by Gasteiger charge is -1.98. The number of para-hydroxylation sites is 1. The lowest BCUT2D eigenvalue weighted by Crippen LogP contribution is -2.16. The number of rotatable bonds is 1. The highest BCUT2D eigenvalue weighted by Crippen LogP contribution is 2.11. The molecule has 0 aliphatic rings. The summed E-state index contributed by atoms with van der Waals surface area (Å²) in [6.45, 7) is 0. The first-order valence-electron chi connectivity index (χ1n) is 3.99. The summed E-state index contributed by atoms with van der Waals surface area (Å²) in [6, 6.07) is 4.07. The zero-order valence-electron chi connectivity index (χ0n) is 7.31. The zero-order chi connectivity index (χ0) is 11.0. The van der Waals surface area contributed by atoms with Gasteiger partial charge in [0, 0.05) is 0 Å². The van der Waals surface area contributed by atoms with E-state index < -0.39 is 17.4 Å². The van der Waals surface area contributed by atoms with E-state index in [2.05, 4.69) is 9.40 Å². The molecule has 0 radical (unpaired) electrons. The predicted molar refractivity (Wildman–Crippen MR) is 50.1 cm³/mol. The largest absolute Gasteiger partial charge is 0.478 e. The Balaban J connectivity index is 3.04. The van der Waals surface area contributed by atoms with Gasteiger partial charge in [-0.1, -0.05) is 6.07 Å². The highest BCUT2D eigenvalue weighted by molar-refractivity contribution is 6.01. The van der Waals surface area contributed by atoms with Gasteiger partial charge in [-0.15, -0.1) is 0 Å². The van der Waals surface area contributed by atoms with E-state index in [1.165, 1.54) is 18.2 Å². The molecule has 0 spiro atoms. The van der Waals surface area contributed by atoms with Crippen molar-refractivity contribution in [1.29, 1.82) is 0 Å². The Kier molecular flexibility index (Phi) is 1.89. The third-order valence-electron chi connectivity index (χ3n) is 1.93. The summed E-state index contributed by atoms with van der Waals surface area (Å²) in [4.78, 5) is 35.0. The van der Waals surface area contributed by atoms with Gasteiger partial charge in [-0.2, -0.15) is 0 Å². The molecule has 2 N–H and O–H groups in total. The lowest BCUT2D eigenvalue weighted by atomic mass is 10.1. The molecule has 6 heteroatoms. The molecule has 1 aromatic heterocycles. The minimum Gasteiger partial charge on any atom is -0.478 e. The first-order chi connectivity index (χ1) is 7.09. The molecule has 0 bridgehead atoms. The van der Waals surface area contributed by atoms with Gasteiger partial charge in [0.15, 0.2) is 0 Å². The Morgan fingerprint density at radius 1 is 1.33 bits per heavy atom. The van der Waals surface area contributed by atoms with E-state index in [1.54, 1.807) is 0 Å². The summed E-state index contributed by atoms with van der Waals surface area (Å²) in [5.74, 6) is -2.19. The Bertz CT molecular complexity index is 651. The van der Waals surface area contributed by atoms with Crippen LogP contribution in [-0.2, 0) is 0 Å². The number of aromatic amines is 1. The Hall–Kier alpha value is -2.37. The number of carbonyl (C=O) groups is 1. The van der Waals surface area contributed by atoms with Crippen molar-refractivity contribution in [2.24, 2.45) is 0 Å². The quantitative estimate of drug-likeness (QED) is 0.694. The van der Waals surface area contributed by atoms with Gasteiger partial charge in [0.1, 0.15) is 0 Å². The number of fused-ring (bicyclic) bond motifs is 1. The fourth-order valence-electron chi connectivity index (χ4n) is 1.30. The van der Waals surface area contributed by atoms with Gasteiger partial charge in [0.25, 0.3) is 0 Å². The van der Waals surface area contributed by atoms with Gasteiger partial charge >= 0.3 is 17.4 Å². The molecule has 0 saturated heterocycles. The topological polar surface area (TPSA) is 100 Å². The number of carboxylic acids is 1. The van der Waals surface area contributed by atoms with Crippen LogP contribution in [0.3, 0.4) is 0 Å². The standard InChI is InChI=1S/C9H5NO5/c11-7(12)4-2-1-3-5-6(4)10-9(14)15-8(5)13/h1-3H,(H,10,14)(H,11,12). The second-order valence-electron chi connectivity index (χ2n) is 2.84. The van der Waals surface area contributed by atoms with Crippen LogP contribution in [0.15, 0.2) is 32.2 Å². The molecule has 1 heterocycles. The Labute approximate surface area is 81.8 Å². The maximum atomic E-state index is 11.2. The summed E-state index contributed by atoms with van der Waals surface area (Å²) in [7, 11) is 0. The number of hydrogen-bond donors (Lipinski definition) is 2. The minimum atomic E-state index is -1.22. The summed E-state index contributed by atoms with van der Waals surface area (Å²) in [6.07, 6.45) is 0. The predicted octanol–water partition coefficient (Wildman–Crippen LogP) is 0.179. The minimum absolute atomic E-state index is 0.0220. The molecule has 0 atom stereocenters. The van der Waals surface area contributed by atoms with Crippen molar-refractivity contribution in [3.8, 4) is 0 Å². The summed E-state index contributed by atoms with van der Waals surface area (Å²) >= 11 is 0. The molecular weight excluding hydrogens is 202 g/mol. The van der Waals surface area contributed by atoms with Crippen LogP contribution in [0.1, 0.15) is 10.4 Å². The second kappa shape index (κ2) is 3.09. The number of carboxylic acid groups (broad SMARTS) is 1. The van der Waals surface area contributed by atoms with Gasteiger partial charge < -0.3 is 9.52 Å². The van der Waals surface area contributed by atoms with E-state index in [0.29, 0.717) is 0 Å². The molecule has 0 saturated carbocycles. The van der Waals surface area contributed by atoms with Gasteiger partial charge in [-0.25, -0.2) is 14.4 Å². The molecule has 0 amide bonds. The van der Waals surface area contributed by atoms with Gasteiger partial charge in [-0.05, 0) is 12.1 Å². The third-order valence-corrected chi connectivity index (χ3v) is 1.93. The molecule has 0 aliphatic heterocycles. The number of aromatic carboxylic acids is 1. The smallest absolute Gasteiger partial charge is 0.419 e. The van der Waals surface area contributed by atoms with Crippen LogP contribution in [0, 0.1) is 0 Å². The van der Waals surface area contributed by atoms with Crippen molar-refractivity contribution in [1.82, 2.24) is 4.98 Å². The van der Waals surface area contributed by atoms with Crippen LogP contribution < -0.4 is 11.4 Å². The maximum Gasteiger partial charge on any atom is 0.419 e. The monoisotopic (exact) mass is 207 g/mol. The van der Waals surface area contributed by atoms with Crippen molar-refractivity contribution in [2.45, 2.75) is 0 Å². The van der Waals surface area contributed by atoms with E-state index in [0.717, 1.165) is 0 Å². The number of hydrogen-bond acceptors (Lipinski definition) is 4. The van der Waals surface area contributed by atoms with E-state index >= 15 is 0 Å². The number of benzene rings is 1. The molecule has 1 aromatic carbocycles. The molecule has 15 heavy (non-hydrogen) atoms. The zero-order valence-corrected chi connectivity index (χ0v) is 7.31. The molecular formula is C9H5NO5. The number of H-pyrrole nitrogens is 1. The first kappa shape index (κ1) is 9.20. The van der Waals surface area contributed by atoms with E-state index in [4.69, 9.17) is 5.11 Å². The molecule has 0 fully saturated rings. The third kappa shape index (κ3) is 1.41. The normalized spacial score (nSPS) is 10.4. The van der Waals surface area contributed by atoms with Crippen LogP contribution in [-0.4, -0.2) is 16.1 Å². The molecule has 6 nitrogen and oxygen atoms in total. The van der Waals surface area contributed by atoms with Crippen molar-refractivity contribution >= 4 is 16.9 Å². The summed E-state index contributed by atoms with van der Waals surface area (Å²) in [5.41, 5.74) is -1.01. The van der Waals surface area contributed by atoms with Crippen molar-refractivity contribution in [3.63, 3.8) is 0 Å². The van der Waals surface area contributed by atoms with Crippen LogP contribution in [0.25, 0.3) is 10.9 Å².